The number of hydrogen-bond acceptors (Lipinski definition) is 2. The van der Waals surface area contributed by atoms with E-state index in [2.05, 4.69) is 57.2 Å². The Kier molecular flexibility index (Phi) is 3.58. The molecule has 19 heavy (non-hydrogen) atoms. The minimum absolute atomic E-state index is 0.821. The van der Waals surface area contributed by atoms with Gasteiger partial charge in [-0.3, -0.25) is 4.90 Å². The molecule has 0 aliphatic carbocycles. The lowest BCUT2D eigenvalue weighted by molar-refractivity contribution is 0.245. The first kappa shape index (κ1) is 12.7. The minimum Gasteiger partial charge on any atom is -0.399 e. The Hall–Kier alpha value is -1.32. The molecule has 0 unspecified atom stereocenters. The van der Waals surface area contributed by atoms with Gasteiger partial charge in [0.15, 0.2) is 0 Å². The second-order valence-corrected chi connectivity index (χ2v) is 6.04. The van der Waals surface area contributed by atoms with E-state index in [9.17, 15) is 0 Å². The molecule has 0 bridgehead atoms. The van der Waals surface area contributed by atoms with E-state index in [1.807, 2.05) is 6.07 Å². The molecule has 2 aromatic carbocycles. The number of fused-ring (bicyclic) bond motifs is 1. The summed E-state index contributed by atoms with van der Waals surface area (Å²) in [7, 11) is 0. The van der Waals surface area contributed by atoms with E-state index in [1.165, 1.54) is 16.7 Å². The van der Waals surface area contributed by atoms with Crippen LogP contribution in [0.4, 0.5) is 5.69 Å². The molecule has 0 fully saturated rings. The highest BCUT2D eigenvalue weighted by atomic mass is 79.9. The Balaban J connectivity index is 1.75. The molecule has 0 saturated carbocycles. The van der Waals surface area contributed by atoms with E-state index in [4.69, 9.17) is 5.73 Å². The van der Waals surface area contributed by atoms with Crippen LogP contribution < -0.4 is 5.73 Å². The van der Waals surface area contributed by atoms with Crippen molar-refractivity contribution in [2.75, 3.05) is 12.3 Å². The summed E-state index contributed by atoms with van der Waals surface area (Å²) in [6.45, 7) is 3.10. The van der Waals surface area contributed by atoms with Gasteiger partial charge in [0.25, 0.3) is 0 Å². The molecule has 2 aromatic rings. The predicted molar refractivity (Wildman–Crippen MR) is 82.8 cm³/mol. The van der Waals surface area contributed by atoms with Crippen LogP contribution in [0.15, 0.2) is 46.9 Å². The summed E-state index contributed by atoms with van der Waals surface area (Å²) in [5.74, 6) is 0. The molecule has 0 saturated heterocycles. The van der Waals surface area contributed by atoms with Crippen molar-refractivity contribution in [1.82, 2.24) is 4.90 Å². The molecule has 1 heterocycles. The lowest BCUT2D eigenvalue weighted by atomic mass is 9.99. The minimum atomic E-state index is 0.821. The standard InChI is InChI=1S/C16H17BrN2/c17-15-7-12(8-16(18)9-15)10-19-6-5-13-3-1-2-4-14(13)11-19/h1-4,7-9H,5-6,10-11,18H2. The van der Waals surface area contributed by atoms with Crippen molar-refractivity contribution in [2.45, 2.75) is 19.5 Å². The maximum atomic E-state index is 5.89. The number of nitrogens with zero attached hydrogens (tertiary/aromatic N) is 1. The number of nitrogen functional groups attached to an aromatic ring is 1. The molecule has 0 aromatic heterocycles. The summed E-state index contributed by atoms with van der Waals surface area (Å²) < 4.78 is 1.06. The van der Waals surface area contributed by atoms with Crippen molar-refractivity contribution in [3.05, 3.63) is 63.6 Å². The molecule has 0 amide bonds. The van der Waals surface area contributed by atoms with Crippen molar-refractivity contribution in [3.8, 4) is 0 Å². The number of halogens is 1. The van der Waals surface area contributed by atoms with Crippen LogP contribution in [0.25, 0.3) is 0 Å². The molecular weight excluding hydrogens is 300 g/mol. The Morgan fingerprint density at radius 3 is 2.68 bits per heavy atom. The number of rotatable bonds is 2. The summed E-state index contributed by atoms with van der Waals surface area (Å²) in [6, 6.07) is 14.9. The van der Waals surface area contributed by atoms with Crippen LogP contribution in [0.5, 0.6) is 0 Å². The quantitative estimate of drug-likeness (QED) is 0.858. The van der Waals surface area contributed by atoms with Gasteiger partial charge in [-0.05, 0) is 41.3 Å². The highest BCUT2D eigenvalue weighted by Crippen LogP contribution is 2.22. The van der Waals surface area contributed by atoms with Crippen LogP contribution in [-0.2, 0) is 19.5 Å². The van der Waals surface area contributed by atoms with Crippen LogP contribution in [0.3, 0.4) is 0 Å². The lowest BCUT2D eigenvalue weighted by Crippen LogP contribution is -2.29. The maximum absolute atomic E-state index is 5.89. The summed E-state index contributed by atoms with van der Waals surface area (Å²) >= 11 is 3.51. The number of anilines is 1. The van der Waals surface area contributed by atoms with Gasteiger partial charge in [-0.25, -0.2) is 0 Å². The maximum Gasteiger partial charge on any atom is 0.0328 e. The molecule has 3 rings (SSSR count). The first-order chi connectivity index (χ1) is 9.20. The van der Waals surface area contributed by atoms with E-state index in [0.29, 0.717) is 0 Å². The van der Waals surface area contributed by atoms with Crippen molar-refractivity contribution in [1.29, 1.82) is 0 Å². The van der Waals surface area contributed by atoms with E-state index in [1.54, 1.807) is 0 Å². The van der Waals surface area contributed by atoms with E-state index < -0.39 is 0 Å². The SMILES string of the molecule is Nc1cc(Br)cc(CN2CCc3ccccc3C2)c1. The number of benzene rings is 2. The van der Waals surface area contributed by atoms with Crippen LogP contribution in [0.2, 0.25) is 0 Å². The molecular formula is C16H17BrN2. The van der Waals surface area contributed by atoms with Gasteiger partial charge in [-0.15, -0.1) is 0 Å². The molecule has 3 heteroatoms. The van der Waals surface area contributed by atoms with Crippen molar-refractivity contribution in [2.24, 2.45) is 0 Å². The Morgan fingerprint density at radius 1 is 1.11 bits per heavy atom. The Morgan fingerprint density at radius 2 is 1.89 bits per heavy atom. The van der Waals surface area contributed by atoms with Crippen molar-refractivity contribution < 1.29 is 0 Å². The third-order valence-corrected chi connectivity index (χ3v) is 4.05. The average Bonchev–Trinajstić information content (AvgIpc) is 2.37. The third kappa shape index (κ3) is 2.99. The molecule has 1 aliphatic rings. The number of nitrogens with two attached hydrogens (primary N) is 1. The van der Waals surface area contributed by atoms with Gasteiger partial charge in [0, 0.05) is 29.8 Å². The van der Waals surface area contributed by atoms with E-state index in [-0.39, 0.29) is 0 Å². The Labute approximate surface area is 122 Å². The smallest absolute Gasteiger partial charge is 0.0328 e. The van der Waals surface area contributed by atoms with Gasteiger partial charge in [-0.2, -0.15) is 0 Å². The molecule has 1 aliphatic heterocycles. The zero-order valence-electron chi connectivity index (χ0n) is 10.8. The van der Waals surface area contributed by atoms with E-state index >= 15 is 0 Å². The average molecular weight is 317 g/mol. The van der Waals surface area contributed by atoms with Gasteiger partial charge in [0.05, 0.1) is 0 Å². The van der Waals surface area contributed by atoms with Crippen LogP contribution in [0, 0.1) is 0 Å². The van der Waals surface area contributed by atoms with E-state index in [0.717, 1.165) is 36.2 Å². The molecule has 2 nitrogen and oxygen atoms in total. The second-order valence-electron chi connectivity index (χ2n) is 5.12. The first-order valence-electron chi connectivity index (χ1n) is 6.55. The molecule has 98 valence electrons. The van der Waals surface area contributed by atoms with Gasteiger partial charge in [0.2, 0.25) is 0 Å². The second kappa shape index (κ2) is 5.35. The fourth-order valence-electron chi connectivity index (χ4n) is 2.71. The summed E-state index contributed by atoms with van der Waals surface area (Å²) in [5, 5.41) is 0. The predicted octanol–water partition coefficient (Wildman–Crippen LogP) is 3.59. The van der Waals surface area contributed by atoms with Crippen LogP contribution >= 0.6 is 15.9 Å². The van der Waals surface area contributed by atoms with Gasteiger partial charge in [0.1, 0.15) is 0 Å². The Bertz CT molecular complexity index is 575. The fourth-order valence-corrected chi connectivity index (χ4v) is 3.27. The summed E-state index contributed by atoms with van der Waals surface area (Å²) in [4.78, 5) is 2.48. The first-order valence-corrected chi connectivity index (χ1v) is 7.34. The monoisotopic (exact) mass is 316 g/mol. The van der Waals surface area contributed by atoms with Crippen LogP contribution in [-0.4, -0.2) is 11.4 Å². The molecule has 0 radical (unpaired) electrons. The number of hydrogen-bond donors (Lipinski definition) is 1. The van der Waals surface area contributed by atoms with Gasteiger partial charge in [-0.1, -0.05) is 40.2 Å². The van der Waals surface area contributed by atoms with Gasteiger partial charge >= 0.3 is 0 Å². The largest absolute Gasteiger partial charge is 0.399 e. The van der Waals surface area contributed by atoms with Gasteiger partial charge < -0.3 is 5.73 Å². The summed E-state index contributed by atoms with van der Waals surface area (Å²) in [6.07, 6.45) is 1.14. The molecule has 0 atom stereocenters. The van der Waals surface area contributed by atoms with Crippen LogP contribution in [0.1, 0.15) is 16.7 Å². The molecule has 2 N–H and O–H groups in total. The lowest BCUT2D eigenvalue weighted by Gasteiger charge is -2.28. The summed E-state index contributed by atoms with van der Waals surface area (Å²) in [5.41, 5.74) is 10.9. The highest BCUT2D eigenvalue weighted by Gasteiger charge is 2.15. The zero-order valence-corrected chi connectivity index (χ0v) is 12.4. The highest BCUT2D eigenvalue weighted by molar-refractivity contribution is 9.10. The topological polar surface area (TPSA) is 29.3 Å². The fraction of sp³-hybridized carbons (Fsp3) is 0.250. The van der Waals surface area contributed by atoms with Crippen molar-refractivity contribution >= 4 is 21.6 Å². The van der Waals surface area contributed by atoms with Crippen molar-refractivity contribution in [3.63, 3.8) is 0 Å². The zero-order chi connectivity index (χ0) is 13.2. The third-order valence-electron chi connectivity index (χ3n) is 3.60. The molecule has 0 spiro atoms. The normalized spacial score (nSPS) is 15.2.